The van der Waals surface area contributed by atoms with Gasteiger partial charge >= 0.3 is 12.2 Å². The number of anilines is 2. The average molecular weight is 518 g/mol. The molecule has 198 valence electrons. The number of nitrogens with zero attached hydrogens (tertiary/aromatic N) is 2. The monoisotopic (exact) mass is 517 g/mol. The summed E-state index contributed by atoms with van der Waals surface area (Å²) in [5.74, 6) is -0.319. The normalized spacial score (nSPS) is 17.8. The van der Waals surface area contributed by atoms with Crippen LogP contribution in [0.5, 0.6) is 5.75 Å². The number of hydrogen-bond acceptors (Lipinski definition) is 4. The van der Waals surface area contributed by atoms with Crippen molar-refractivity contribution < 1.29 is 32.6 Å². The Labute approximate surface area is 213 Å². The highest BCUT2D eigenvalue weighted by atomic mass is 19.4. The topological polar surface area (TPSA) is 82.1 Å². The Kier molecular flexibility index (Phi) is 7.23. The van der Waals surface area contributed by atoms with Crippen LogP contribution in [0.1, 0.15) is 49.8 Å². The lowest BCUT2D eigenvalue weighted by atomic mass is 9.83. The van der Waals surface area contributed by atoms with Crippen molar-refractivity contribution in [1.82, 2.24) is 4.90 Å². The molecule has 3 amide bonds. The first-order chi connectivity index (χ1) is 17.5. The number of aliphatic hydroxyl groups is 1. The smallest absolute Gasteiger partial charge is 0.416 e. The minimum Gasteiger partial charge on any atom is -0.486 e. The van der Waals surface area contributed by atoms with Crippen LogP contribution in [0.15, 0.2) is 42.5 Å². The molecule has 0 saturated heterocycles. The van der Waals surface area contributed by atoms with Gasteiger partial charge in [-0.15, -0.1) is 0 Å². The zero-order chi connectivity index (χ0) is 27.0. The molecule has 2 aromatic carbocycles. The highest BCUT2D eigenvalue weighted by Crippen LogP contribution is 2.45. The molecule has 2 N–H and O–H groups in total. The van der Waals surface area contributed by atoms with Crippen LogP contribution in [0.2, 0.25) is 0 Å². The quantitative estimate of drug-likeness (QED) is 0.501. The zero-order valence-corrected chi connectivity index (χ0v) is 21.0. The number of carbonyl (C=O) groups excluding carboxylic acids is 2. The van der Waals surface area contributed by atoms with E-state index < -0.39 is 23.2 Å². The van der Waals surface area contributed by atoms with Crippen LogP contribution in [0, 0.1) is 0 Å². The van der Waals surface area contributed by atoms with Gasteiger partial charge in [0.1, 0.15) is 11.4 Å². The Morgan fingerprint density at radius 3 is 2.57 bits per heavy atom. The van der Waals surface area contributed by atoms with Crippen molar-refractivity contribution in [3.8, 4) is 5.75 Å². The predicted octanol–water partition coefficient (Wildman–Crippen LogP) is 5.43. The molecular weight excluding hydrogens is 487 g/mol. The van der Waals surface area contributed by atoms with Crippen molar-refractivity contribution in [1.29, 1.82) is 0 Å². The second kappa shape index (κ2) is 10.1. The van der Waals surface area contributed by atoms with E-state index in [1.807, 2.05) is 19.9 Å². The SMILES string of the molecule is CCC1(CC)CC(=CC(=O)Nc2ccc3c(c2)N(C)C(=O)N(CCO)C3)c2ccc(C(F)(F)F)cc2O1. The van der Waals surface area contributed by atoms with E-state index in [0.717, 1.165) is 17.7 Å². The molecule has 0 fully saturated rings. The van der Waals surface area contributed by atoms with Crippen LogP contribution in [-0.4, -0.2) is 47.7 Å². The fourth-order valence-corrected chi connectivity index (χ4v) is 4.84. The summed E-state index contributed by atoms with van der Waals surface area (Å²) in [6.07, 6.45) is -1.58. The molecule has 0 spiro atoms. The minimum atomic E-state index is -4.51. The van der Waals surface area contributed by atoms with Crippen LogP contribution in [0.4, 0.5) is 29.3 Å². The van der Waals surface area contributed by atoms with Crippen LogP contribution in [0.25, 0.3) is 5.57 Å². The van der Waals surface area contributed by atoms with E-state index in [4.69, 9.17) is 4.74 Å². The van der Waals surface area contributed by atoms with Gasteiger partial charge in [-0.1, -0.05) is 26.0 Å². The first-order valence-corrected chi connectivity index (χ1v) is 12.2. The molecule has 0 saturated carbocycles. The molecule has 4 rings (SSSR count). The average Bonchev–Trinajstić information content (AvgIpc) is 2.86. The molecule has 0 aromatic heterocycles. The summed E-state index contributed by atoms with van der Waals surface area (Å²) in [4.78, 5) is 28.6. The van der Waals surface area contributed by atoms with Gasteiger partial charge in [-0.2, -0.15) is 13.2 Å². The van der Waals surface area contributed by atoms with Crippen molar-refractivity contribution in [3.63, 3.8) is 0 Å². The van der Waals surface area contributed by atoms with Gasteiger partial charge in [0, 0.05) is 43.9 Å². The lowest BCUT2D eigenvalue weighted by Gasteiger charge is -2.39. The van der Waals surface area contributed by atoms with E-state index in [0.29, 0.717) is 48.3 Å². The zero-order valence-electron chi connectivity index (χ0n) is 21.0. The van der Waals surface area contributed by atoms with E-state index >= 15 is 0 Å². The Balaban J connectivity index is 1.62. The third kappa shape index (κ3) is 5.29. The number of carbonyl (C=O) groups is 2. The van der Waals surface area contributed by atoms with Crippen LogP contribution in [-0.2, 0) is 17.5 Å². The molecular formula is C27H30F3N3O4. The van der Waals surface area contributed by atoms with Crippen LogP contribution >= 0.6 is 0 Å². The number of amides is 3. The Bertz CT molecular complexity index is 1240. The molecule has 0 aliphatic carbocycles. The van der Waals surface area contributed by atoms with Gasteiger partial charge in [-0.3, -0.25) is 9.69 Å². The number of β-amino-alcohol motifs (C(OH)–C–C–N with tert-alkyl or cyclic N) is 1. The van der Waals surface area contributed by atoms with Gasteiger partial charge in [0.05, 0.1) is 17.9 Å². The number of urea groups is 1. The minimum absolute atomic E-state index is 0.116. The molecule has 0 unspecified atom stereocenters. The molecule has 7 nitrogen and oxygen atoms in total. The number of halogens is 3. The van der Waals surface area contributed by atoms with E-state index in [1.165, 1.54) is 21.9 Å². The number of benzene rings is 2. The van der Waals surface area contributed by atoms with Crippen LogP contribution in [0.3, 0.4) is 0 Å². The summed E-state index contributed by atoms with van der Waals surface area (Å²) >= 11 is 0. The molecule has 10 heteroatoms. The maximum Gasteiger partial charge on any atom is 0.416 e. The van der Waals surface area contributed by atoms with E-state index in [2.05, 4.69) is 5.32 Å². The van der Waals surface area contributed by atoms with Crippen molar-refractivity contribution in [2.24, 2.45) is 0 Å². The van der Waals surface area contributed by atoms with Crippen LogP contribution < -0.4 is 15.0 Å². The fourth-order valence-electron chi connectivity index (χ4n) is 4.84. The molecule has 0 atom stereocenters. The molecule has 2 aliphatic heterocycles. The molecule has 2 aliphatic rings. The first-order valence-electron chi connectivity index (χ1n) is 12.2. The summed E-state index contributed by atoms with van der Waals surface area (Å²) in [5.41, 5.74) is 1.55. The van der Waals surface area contributed by atoms with Crippen molar-refractivity contribution >= 4 is 28.9 Å². The predicted molar refractivity (Wildman–Crippen MR) is 134 cm³/mol. The standard InChI is InChI=1S/C27H30F3N3O4/c1-4-26(5-2)15-18(21-9-7-19(27(28,29)30)13-23(21)37-26)12-24(35)31-20-8-6-17-16-33(10-11-34)25(36)32(3)22(17)14-20/h6-9,12-14,34H,4-5,10-11,15-16H2,1-3H3,(H,31,35). The lowest BCUT2D eigenvalue weighted by Crippen LogP contribution is -2.46. The number of nitrogens with one attached hydrogen (secondary N) is 1. The summed E-state index contributed by atoms with van der Waals surface area (Å²) < 4.78 is 46.0. The second-order valence-corrected chi connectivity index (χ2v) is 9.37. The Morgan fingerprint density at radius 1 is 1.19 bits per heavy atom. The van der Waals surface area contributed by atoms with Gasteiger partial charge in [-0.25, -0.2) is 4.79 Å². The number of ether oxygens (including phenoxy) is 1. The van der Waals surface area contributed by atoms with E-state index in [-0.39, 0.29) is 24.9 Å². The molecule has 0 radical (unpaired) electrons. The summed E-state index contributed by atoms with van der Waals surface area (Å²) in [6, 6.07) is 8.34. The number of aliphatic hydroxyl groups excluding tert-OH is 1. The van der Waals surface area contributed by atoms with E-state index in [1.54, 1.807) is 19.2 Å². The summed E-state index contributed by atoms with van der Waals surface area (Å²) in [6.45, 7) is 4.25. The third-order valence-corrected chi connectivity index (χ3v) is 7.09. The molecule has 37 heavy (non-hydrogen) atoms. The van der Waals surface area contributed by atoms with Gasteiger partial charge in [0.2, 0.25) is 5.91 Å². The Hall–Kier alpha value is -3.53. The van der Waals surface area contributed by atoms with Gasteiger partial charge in [-0.05, 0) is 48.2 Å². The summed E-state index contributed by atoms with van der Waals surface area (Å²) in [5, 5.41) is 12.0. The first kappa shape index (κ1) is 26.5. The van der Waals surface area contributed by atoms with Crippen molar-refractivity contribution in [2.45, 2.75) is 51.4 Å². The highest BCUT2D eigenvalue weighted by Gasteiger charge is 2.38. The van der Waals surface area contributed by atoms with Gasteiger partial charge in [0.15, 0.2) is 0 Å². The fraction of sp³-hybridized carbons (Fsp3) is 0.407. The Morgan fingerprint density at radius 2 is 1.92 bits per heavy atom. The lowest BCUT2D eigenvalue weighted by molar-refractivity contribution is -0.137. The van der Waals surface area contributed by atoms with Gasteiger partial charge in [0.25, 0.3) is 0 Å². The van der Waals surface area contributed by atoms with Crippen molar-refractivity contribution in [2.75, 3.05) is 30.4 Å². The summed E-state index contributed by atoms with van der Waals surface area (Å²) in [7, 11) is 1.63. The van der Waals surface area contributed by atoms with E-state index in [9.17, 15) is 27.9 Å². The number of rotatable bonds is 6. The number of hydrogen-bond donors (Lipinski definition) is 2. The maximum absolute atomic E-state index is 13.3. The molecule has 2 heterocycles. The maximum atomic E-state index is 13.3. The third-order valence-electron chi connectivity index (χ3n) is 7.09. The number of fused-ring (bicyclic) bond motifs is 2. The number of alkyl halides is 3. The van der Waals surface area contributed by atoms with Crippen molar-refractivity contribution in [3.05, 3.63) is 59.2 Å². The highest BCUT2D eigenvalue weighted by molar-refractivity contribution is 6.05. The largest absolute Gasteiger partial charge is 0.486 e. The second-order valence-electron chi connectivity index (χ2n) is 9.37. The molecule has 2 aromatic rings. The molecule has 0 bridgehead atoms. The van der Waals surface area contributed by atoms with Gasteiger partial charge < -0.3 is 20.1 Å².